The van der Waals surface area contributed by atoms with Crippen LogP contribution in [-0.2, 0) is 24.5 Å². The fourth-order valence-corrected chi connectivity index (χ4v) is 9.71. The van der Waals surface area contributed by atoms with Crippen LogP contribution in [0.15, 0.2) is 29.1 Å². The van der Waals surface area contributed by atoms with E-state index in [0.717, 1.165) is 43.4 Å². The van der Waals surface area contributed by atoms with Gasteiger partial charge in [-0.1, -0.05) is 12.1 Å². The standard InChI is InChI=1S/C35H36F2N6O4/c36-20-12-35(7-1-8-41(35)13-20)17-47-34-39-30-29(37)28(23-11-22(44)10-18-2-3-19-15-46-16-24(19)27(18)23)33(45)42-9-6-26-25-5-4-21(38-25)14-43(26)32(40-34)31(30)42/h2-3,10-11,20-21,25-26,38,44H,1,4-9,12-17H2/t20-,21?,25?,26?,35+/m1/s1. The number of pyridine rings is 1. The van der Waals surface area contributed by atoms with Gasteiger partial charge in [0.1, 0.15) is 29.6 Å². The van der Waals surface area contributed by atoms with Crippen LogP contribution in [0.4, 0.5) is 14.6 Å². The molecule has 47 heavy (non-hydrogen) atoms. The lowest BCUT2D eigenvalue weighted by atomic mass is 9.92. The highest BCUT2D eigenvalue weighted by atomic mass is 19.1. The first-order valence-corrected chi connectivity index (χ1v) is 16.9. The molecule has 12 heteroatoms. The molecule has 4 saturated heterocycles. The largest absolute Gasteiger partial charge is 0.508 e. The molecule has 4 aromatic rings. The first-order valence-electron chi connectivity index (χ1n) is 16.9. The Morgan fingerprint density at radius 3 is 2.96 bits per heavy atom. The van der Waals surface area contributed by atoms with Crippen LogP contribution in [0.2, 0.25) is 0 Å². The molecule has 2 N–H and O–H groups in total. The topological polar surface area (TPSA) is 105 Å². The summed E-state index contributed by atoms with van der Waals surface area (Å²) in [5, 5.41) is 15.9. The molecule has 10 nitrogen and oxygen atoms in total. The first-order chi connectivity index (χ1) is 22.9. The summed E-state index contributed by atoms with van der Waals surface area (Å²) in [5.41, 5.74) is 1.54. The van der Waals surface area contributed by atoms with Gasteiger partial charge < -0.3 is 29.4 Å². The monoisotopic (exact) mass is 642 g/mol. The summed E-state index contributed by atoms with van der Waals surface area (Å²) in [7, 11) is 0. The molecule has 5 atom stereocenters. The van der Waals surface area contributed by atoms with Crippen molar-refractivity contribution < 1.29 is 23.4 Å². The Balaban J connectivity index is 1.19. The minimum Gasteiger partial charge on any atom is -0.508 e. The van der Waals surface area contributed by atoms with E-state index in [1.807, 2.05) is 12.1 Å². The molecule has 10 rings (SSSR count). The second-order valence-corrected chi connectivity index (χ2v) is 14.4. The molecular formula is C35H36F2N6O4. The number of aromatic nitrogens is 3. The molecule has 3 unspecified atom stereocenters. The molecule has 2 aromatic carbocycles. The van der Waals surface area contributed by atoms with Crippen molar-refractivity contribution in [3.63, 3.8) is 0 Å². The third kappa shape index (κ3) is 4.07. The minimum absolute atomic E-state index is 0.0158. The Morgan fingerprint density at radius 1 is 1.13 bits per heavy atom. The SMILES string of the molecule is O=c1c(-c2cc(O)cc3ccc4c(c23)COC4)c(F)c2nc(OC[C@@]34CCCN3C[C@H](F)C4)nc3c2n1CCC1C2CCC(CN31)N2. The van der Waals surface area contributed by atoms with Crippen LogP contribution >= 0.6 is 0 Å². The molecule has 0 spiro atoms. The maximum Gasteiger partial charge on any atom is 0.319 e. The predicted octanol–water partition coefficient (Wildman–Crippen LogP) is 4.15. The van der Waals surface area contributed by atoms with Gasteiger partial charge in [0, 0.05) is 49.7 Å². The van der Waals surface area contributed by atoms with Crippen LogP contribution in [0.25, 0.3) is 32.9 Å². The van der Waals surface area contributed by atoms with Crippen LogP contribution in [0.1, 0.15) is 49.7 Å². The highest BCUT2D eigenvalue weighted by Crippen LogP contribution is 2.44. The first kappa shape index (κ1) is 28.2. The van der Waals surface area contributed by atoms with Crippen LogP contribution in [0.5, 0.6) is 11.8 Å². The van der Waals surface area contributed by atoms with Crippen molar-refractivity contribution in [2.24, 2.45) is 0 Å². The van der Waals surface area contributed by atoms with E-state index in [2.05, 4.69) is 15.1 Å². The number of aryl methyl sites for hydroxylation is 1. The summed E-state index contributed by atoms with van der Waals surface area (Å²) in [6.07, 6.45) is 4.05. The average molecular weight is 643 g/mol. The molecule has 2 bridgehead atoms. The van der Waals surface area contributed by atoms with E-state index in [0.29, 0.717) is 73.4 Å². The van der Waals surface area contributed by atoms with Crippen LogP contribution in [0, 0.1) is 5.82 Å². The lowest BCUT2D eigenvalue weighted by molar-refractivity contribution is 0.107. The number of hydrogen-bond acceptors (Lipinski definition) is 9. The molecule has 0 saturated carbocycles. The molecule has 6 aliphatic heterocycles. The number of benzene rings is 2. The Hall–Kier alpha value is -3.87. The number of anilines is 1. The fraction of sp³-hybridized carbons (Fsp3) is 0.514. The van der Waals surface area contributed by atoms with E-state index in [1.165, 1.54) is 6.07 Å². The van der Waals surface area contributed by atoms with Crippen molar-refractivity contribution in [1.29, 1.82) is 0 Å². The van der Waals surface area contributed by atoms with Gasteiger partial charge in [0.25, 0.3) is 5.56 Å². The Morgan fingerprint density at radius 2 is 2.04 bits per heavy atom. The Labute approximate surface area is 269 Å². The third-order valence-electron chi connectivity index (χ3n) is 11.8. The van der Waals surface area contributed by atoms with E-state index in [9.17, 15) is 14.3 Å². The van der Waals surface area contributed by atoms with Crippen molar-refractivity contribution in [3.05, 3.63) is 51.6 Å². The van der Waals surface area contributed by atoms with Gasteiger partial charge >= 0.3 is 6.01 Å². The van der Waals surface area contributed by atoms with Crippen molar-refractivity contribution in [2.45, 2.75) is 88.1 Å². The minimum atomic E-state index is -0.906. The van der Waals surface area contributed by atoms with Crippen molar-refractivity contribution in [1.82, 2.24) is 24.8 Å². The van der Waals surface area contributed by atoms with Crippen molar-refractivity contribution >= 4 is 27.6 Å². The number of halogens is 2. The van der Waals surface area contributed by atoms with Gasteiger partial charge in [-0.3, -0.25) is 9.69 Å². The zero-order chi connectivity index (χ0) is 31.6. The Bertz CT molecular complexity index is 2060. The lowest BCUT2D eigenvalue weighted by Gasteiger charge is -2.41. The normalized spacial score (nSPS) is 29.4. The van der Waals surface area contributed by atoms with Gasteiger partial charge in [-0.05, 0) is 72.7 Å². The van der Waals surface area contributed by atoms with E-state index in [4.69, 9.17) is 19.4 Å². The quantitative estimate of drug-likeness (QED) is 0.340. The van der Waals surface area contributed by atoms with Crippen LogP contribution < -0.4 is 20.5 Å². The van der Waals surface area contributed by atoms with Gasteiger partial charge in [0.05, 0.1) is 24.3 Å². The Kier molecular flexibility index (Phi) is 6.04. The second-order valence-electron chi connectivity index (χ2n) is 14.4. The number of piperazine rings is 1. The number of nitrogens with zero attached hydrogens (tertiary/aromatic N) is 5. The van der Waals surface area contributed by atoms with Crippen molar-refractivity contribution in [3.8, 4) is 22.9 Å². The molecule has 4 fully saturated rings. The molecule has 0 aliphatic carbocycles. The predicted molar refractivity (Wildman–Crippen MR) is 171 cm³/mol. The number of aromatic hydroxyl groups is 1. The number of nitrogens with one attached hydrogen (secondary N) is 1. The van der Waals surface area contributed by atoms with Gasteiger partial charge in [0.2, 0.25) is 0 Å². The van der Waals surface area contributed by atoms with E-state index in [1.54, 1.807) is 10.6 Å². The summed E-state index contributed by atoms with van der Waals surface area (Å²) in [6.45, 7) is 3.27. The van der Waals surface area contributed by atoms with Crippen molar-refractivity contribution in [2.75, 3.05) is 31.1 Å². The maximum atomic E-state index is 17.3. The van der Waals surface area contributed by atoms with Gasteiger partial charge in [-0.15, -0.1) is 0 Å². The van der Waals surface area contributed by atoms with Gasteiger partial charge in [0.15, 0.2) is 11.6 Å². The molecule has 8 heterocycles. The zero-order valence-electron chi connectivity index (χ0n) is 26.0. The molecule has 0 radical (unpaired) electrons. The highest BCUT2D eigenvalue weighted by Gasteiger charge is 2.50. The molecule has 244 valence electrons. The molecule has 0 amide bonds. The smallest absolute Gasteiger partial charge is 0.319 e. The molecule has 2 aromatic heterocycles. The van der Waals surface area contributed by atoms with E-state index in [-0.39, 0.29) is 47.6 Å². The summed E-state index contributed by atoms with van der Waals surface area (Å²) >= 11 is 0. The maximum absolute atomic E-state index is 17.3. The number of hydrogen-bond donors (Lipinski definition) is 2. The number of alkyl halides is 1. The summed E-state index contributed by atoms with van der Waals surface area (Å²) in [6, 6.07) is 7.55. The summed E-state index contributed by atoms with van der Waals surface area (Å²) < 4.78 is 45.6. The number of phenolic OH excluding ortho intramolecular Hbond substituents is 1. The second kappa shape index (κ2) is 10.1. The van der Waals surface area contributed by atoms with Gasteiger partial charge in [-0.25, -0.2) is 8.78 Å². The lowest BCUT2D eigenvalue weighted by Crippen LogP contribution is -2.58. The summed E-state index contributed by atoms with van der Waals surface area (Å²) in [5.74, 6) is -0.310. The third-order valence-corrected chi connectivity index (χ3v) is 11.8. The number of fused-ring (bicyclic) bond motifs is 9. The number of ether oxygens (including phenoxy) is 2. The van der Waals surface area contributed by atoms with Gasteiger partial charge in [-0.2, -0.15) is 9.97 Å². The number of rotatable bonds is 4. The van der Waals surface area contributed by atoms with Crippen LogP contribution in [-0.4, -0.2) is 80.6 Å². The number of phenols is 1. The fourth-order valence-electron chi connectivity index (χ4n) is 9.71. The van der Waals surface area contributed by atoms with Crippen LogP contribution in [0.3, 0.4) is 0 Å². The van der Waals surface area contributed by atoms with E-state index >= 15 is 4.39 Å². The summed E-state index contributed by atoms with van der Waals surface area (Å²) in [4.78, 5) is 28.6. The molecule has 6 aliphatic rings. The highest BCUT2D eigenvalue weighted by molar-refractivity contribution is 6.02. The van der Waals surface area contributed by atoms with E-state index < -0.39 is 23.1 Å². The average Bonchev–Trinajstić information content (AvgIpc) is 3.82. The zero-order valence-corrected chi connectivity index (χ0v) is 26.0. The molecular weight excluding hydrogens is 606 g/mol.